The highest BCUT2D eigenvalue weighted by Gasteiger charge is 2.13. The van der Waals surface area contributed by atoms with Crippen molar-refractivity contribution in [1.82, 2.24) is 0 Å². The van der Waals surface area contributed by atoms with E-state index in [-0.39, 0.29) is 28.4 Å². The van der Waals surface area contributed by atoms with Crippen LogP contribution in [0.3, 0.4) is 0 Å². The highest BCUT2D eigenvalue weighted by Crippen LogP contribution is 2.25. The Kier molecular flexibility index (Phi) is 4.31. The van der Waals surface area contributed by atoms with Gasteiger partial charge >= 0.3 is 0 Å². The van der Waals surface area contributed by atoms with E-state index in [4.69, 9.17) is 0 Å². The van der Waals surface area contributed by atoms with Gasteiger partial charge in [-0.05, 0) is 31.2 Å². The van der Waals surface area contributed by atoms with E-state index in [2.05, 4.69) is 10.6 Å². The molecule has 0 aliphatic rings. The number of aromatic hydroxyl groups is 2. The minimum Gasteiger partial charge on any atom is -0.507 e. The zero-order chi connectivity index (χ0) is 16.3. The standard InChI is InChI=1S/C16H16N2O4/c1-9(19)12-5-4-11(8-14(12)20)18-16(22)13-6-3-10(17-2)7-15(13)21/h3-8,17,20-21H,1-2H3,(H,18,22). The van der Waals surface area contributed by atoms with Crippen molar-refractivity contribution < 1.29 is 19.8 Å². The topological polar surface area (TPSA) is 98.7 Å². The third-order valence-electron chi connectivity index (χ3n) is 3.17. The molecule has 6 heteroatoms. The van der Waals surface area contributed by atoms with Crippen LogP contribution in [0.4, 0.5) is 11.4 Å². The largest absolute Gasteiger partial charge is 0.507 e. The highest BCUT2D eigenvalue weighted by atomic mass is 16.3. The predicted molar refractivity (Wildman–Crippen MR) is 83.7 cm³/mol. The second-order valence-corrected chi connectivity index (χ2v) is 4.72. The van der Waals surface area contributed by atoms with Crippen molar-refractivity contribution in [3.63, 3.8) is 0 Å². The molecule has 0 saturated heterocycles. The van der Waals surface area contributed by atoms with Gasteiger partial charge in [0.1, 0.15) is 11.5 Å². The van der Waals surface area contributed by atoms with Gasteiger partial charge in [-0.3, -0.25) is 9.59 Å². The second kappa shape index (κ2) is 6.17. The number of phenols is 2. The van der Waals surface area contributed by atoms with Crippen LogP contribution in [0.15, 0.2) is 36.4 Å². The van der Waals surface area contributed by atoms with Crippen LogP contribution in [0, 0.1) is 0 Å². The number of phenolic OH excluding ortho intramolecular Hbond substituents is 2. The van der Waals surface area contributed by atoms with Gasteiger partial charge in [0.25, 0.3) is 5.91 Å². The Morgan fingerprint density at radius 2 is 1.45 bits per heavy atom. The van der Waals surface area contributed by atoms with Crippen molar-refractivity contribution in [3.05, 3.63) is 47.5 Å². The molecule has 0 saturated carbocycles. The van der Waals surface area contributed by atoms with Crippen LogP contribution in [0.2, 0.25) is 0 Å². The number of benzene rings is 2. The van der Waals surface area contributed by atoms with E-state index in [1.165, 1.54) is 37.3 Å². The average molecular weight is 300 g/mol. The smallest absolute Gasteiger partial charge is 0.259 e. The molecule has 0 fully saturated rings. The maximum atomic E-state index is 12.1. The van der Waals surface area contributed by atoms with Gasteiger partial charge in [0.05, 0.1) is 11.1 Å². The Hall–Kier alpha value is -3.02. The molecule has 0 radical (unpaired) electrons. The van der Waals surface area contributed by atoms with Crippen molar-refractivity contribution in [3.8, 4) is 11.5 Å². The lowest BCUT2D eigenvalue weighted by Gasteiger charge is -2.09. The molecule has 2 aromatic rings. The van der Waals surface area contributed by atoms with Crippen LogP contribution >= 0.6 is 0 Å². The summed E-state index contributed by atoms with van der Waals surface area (Å²) in [5.41, 5.74) is 1.29. The first-order chi connectivity index (χ1) is 10.4. The molecule has 4 N–H and O–H groups in total. The molecule has 0 atom stereocenters. The molecular formula is C16H16N2O4. The zero-order valence-electron chi connectivity index (χ0n) is 12.2. The maximum absolute atomic E-state index is 12.1. The Bertz CT molecular complexity index is 741. The zero-order valence-corrected chi connectivity index (χ0v) is 12.2. The second-order valence-electron chi connectivity index (χ2n) is 4.72. The summed E-state index contributed by atoms with van der Waals surface area (Å²) in [6.07, 6.45) is 0. The van der Waals surface area contributed by atoms with E-state index in [1.54, 1.807) is 13.1 Å². The first-order valence-electron chi connectivity index (χ1n) is 6.58. The van der Waals surface area contributed by atoms with Gasteiger partial charge in [-0.2, -0.15) is 0 Å². The average Bonchev–Trinajstić information content (AvgIpc) is 2.46. The van der Waals surface area contributed by atoms with E-state index >= 15 is 0 Å². The molecule has 1 amide bonds. The van der Waals surface area contributed by atoms with Gasteiger partial charge in [0.2, 0.25) is 0 Å². The van der Waals surface area contributed by atoms with Crippen LogP contribution < -0.4 is 10.6 Å². The summed E-state index contributed by atoms with van der Waals surface area (Å²) in [5.74, 6) is -1.15. The Balaban J connectivity index is 2.22. The summed E-state index contributed by atoms with van der Waals surface area (Å²) < 4.78 is 0. The number of hydrogen-bond donors (Lipinski definition) is 4. The van der Waals surface area contributed by atoms with E-state index in [0.29, 0.717) is 11.4 Å². The summed E-state index contributed by atoms with van der Waals surface area (Å²) in [5, 5.41) is 25.0. The van der Waals surface area contributed by atoms with Gasteiger partial charge in [-0.15, -0.1) is 0 Å². The van der Waals surface area contributed by atoms with Crippen molar-refractivity contribution in [1.29, 1.82) is 0 Å². The van der Waals surface area contributed by atoms with Crippen LogP contribution in [0.5, 0.6) is 11.5 Å². The van der Waals surface area contributed by atoms with Crippen molar-refractivity contribution in [2.24, 2.45) is 0 Å². The van der Waals surface area contributed by atoms with Crippen molar-refractivity contribution in [2.75, 3.05) is 17.7 Å². The summed E-state index contributed by atoms with van der Waals surface area (Å²) in [6, 6.07) is 8.80. The number of carbonyl (C=O) groups is 2. The number of amides is 1. The maximum Gasteiger partial charge on any atom is 0.259 e. The number of hydrogen-bond acceptors (Lipinski definition) is 5. The van der Waals surface area contributed by atoms with Gasteiger partial charge in [0.15, 0.2) is 5.78 Å². The van der Waals surface area contributed by atoms with Gasteiger partial charge in [-0.25, -0.2) is 0 Å². The number of nitrogens with one attached hydrogen (secondary N) is 2. The third kappa shape index (κ3) is 3.17. The molecule has 2 aromatic carbocycles. The minimum absolute atomic E-state index is 0.106. The predicted octanol–water partition coefficient (Wildman–Crippen LogP) is 2.59. The molecule has 22 heavy (non-hydrogen) atoms. The number of rotatable bonds is 4. The lowest BCUT2D eigenvalue weighted by Crippen LogP contribution is -2.12. The number of carbonyl (C=O) groups excluding carboxylic acids is 2. The van der Waals surface area contributed by atoms with Gasteiger partial charge < -0.3 is 20.8 Å². The Morgan fingerprint density at radius 3 is 2.00 bits per heavy atom. The number of Topliss-reactive ketones (excluding diaryl/α,β-unsaturated/α-hetero) is 1. The molecule has 0 aromatic heterocycles. The molecule has 0 aliphatic heterocycles. The Morgan fingerprint density at radius 1 is 0.909 bits per heavy atom. The first-order valence-corrected chi connectivity index (χ1v) is 6.58. The third-order valence-corrected chi connectivity index (χ3v) is 3.17. The number of anilines is 2. The fraction of sp³-hybridized carbons (Fsp3) is 0.125. The summed E-state index contributed by atoms with van der Waals surface area (Å²) in [4.78, 5) is 23.4. The summed E-state index contributed by atoms with van der Waals surface area (Å²) in [7, 11) is 1.70. The van der Waals surface area contributed by atoms with Crippen molar-refractivity contribution >= 4 is 23.1 Å². The van der Waals surface area contributed by atoms with Gasteiger partial charge in [-0.1, -0.05) is 0 Å². The number of ketones is 1. The van der Waals surface area contributed by atoms with Crippen LogP contribution in [-0.2, 0) is 0 Å². The first kappa shape index (κ1) is 15.4. The van der Waals surface area contributed by atoms with E-state index < -0.39 is 5.91 Å². The molecule has 0 aliphatic carbocycles. The monoisotopic (exact) mass is 300 g/mol. The summed E-state index contributed by atoms with van der Waals surface area (Å²) >= 11 is 0. The summed E-state index contributed by atoms with van der Waals surface area (Å²) in [6.45, 7) is 1.34. The molecule has 0 spiro atoms. The lowest BCUT2D eigenvalue weighted by atomic mass is 10.1. The van der Waals surface area contributed by atoms with Gasteiger partial charge in [0, 0.05) is 30.6 Å². The van der Waals surface area contributed by atoms with Crippen molar-refractivity contribution in [2.45, 2.75) is 6.92 Å². The van der Waals surface area contributed by atoms with Crippen LogP contribution in [-0.4, -0.2) is 29.0 Å². The van der Waals surface area contributed by atoms with Crippen LogP contribution in [0.1, 0.15) is 27.6 Å². The lowest BCUT2D eigenvalue weighted by molar-refractivity contribution is 0.101. The highest BCUT2D eigenvalue weighted by molar-refractivity contribution is 6.07. The fourth-order valence-corrected chi connectivity index (χ4v) is 1.98. The molecular weight excluding hydrogens is 284 g/mol. The molecule has 114 valence electrons. The fourth-order valence-electron chi connectivity index (χ4n) is 1.98. The van der Waals surface area contributed by atoms with E-state index in [9.17, 15) is 19.8 Å². The molecule has 0 heterocycles. The Labute approximate surface area is 127 Å². The molecule has 0 bridgehead atoms. The van der Waals surface area contributed by atoms with Crippen LogP contribution in [0.25, 0.3) is 0 Å². The van der Waals surface area contributed by atoms with E-state index in [1.807, 2.05) is 0 Å². The SMILES string of the molecule is CNc1ccc(C(=O)Nc2ccc(C(C)=O)c(O)c2)c(O)c1. The molecule has 2 rings (SSSR count). The molecule has 0 unspecified atom stereocenters. The minimum atomic E-state index is -0.518. The van der Waals surface area contributed by atoms with E-state index in [0.717, 1.165) is 0 Å². The molecule has 6 nitrogen and oxygen atoms in total. The quantitative estimate of drug-likeness (QED) is 0.651. The normalized spacial score (nSPS) is 10.1.